The predicted octanol–water partition coefficient (Wildman–Crippen LogP) is 3.77. The number of carbonyl (C=O) groups is 1. The molecule has 1 heterocycles. The van der Waals surface area contributed by atoms with Gasteiger partial charge in [0.25, 0.3) is 5.91 Å². The maximum absolute atomic E-state index is 12.1. The maximum atomic E-state index is 12.1. The van der Waals surface area contributed by atoms with Crippen LogP contribution in [0.3, 0.4) is 0 Å². The van der Waals surface area contributed by atoms with Gasteiger partial charge in [0.1, 0.15) is 0 Å². The third-order valence-electron chi connectivity index (χ3n) is 2.37. The molecule has 1 aromatic carbocycles. The number of benzene rings is 1. The lowest BCUT2D eigenvalue weighted by molar-refractivity contribution is 0.0784. The summed E-state index contributed by atoms with van der Waals surface area (Å²) >= 11 is 18.7. The third-order valence-corrected chi connectivity index (χ3v) is 4.23. The molecule has 4 nitrogen and oxygen atoms in total. The molecule has 0 bridgehead atoms. The highest BCUT2D eigenvalue weighted by atomic mass is 35.5. The van der Waals surface area contributed by atoms with Gasteiger partial charge in [0.15, 0.2) is 0 Å². The van der Waals surface area contributed by atoms with Gasteiger partial charge in [0.2, 0.25) is 9.47 Å². The van der Waals surface area contributed by atoms with Crippen molar-refractivity contribution in [2.45, 2.75) is 6.54 Å². The fourth-order valence-corrected chi connectivity index (χ4v) is 2.66. The van der Waals surface area contributed by atoms with E-state index in [0.717, 1.165) is 16.9 Å². The number of hydrogen-bond donors (Lipinski definition) is 0. The molecule has 0 aliphatic rings. The normalized spacial score (nSPS) is 10.5. The van der Waals surface area contributed by atoms with Crippen LogP contribution in [0.4, 0.5) is 0 Å². The monoisotopic (exact) mass is 335 g/mol. The topological polar surface area (TPSA) is 46.1 Å². The van der Waals surface area contributed by atoms with E-state index in [1.54, 1.807) is 19.2 Å². The minimum absolute atomic E-state index is 0.234. The number of aromatic nitrogens is 2. The fourth-order valence-electron chi connectivity index (χ4n) is 1.45. The van der Waals surface area contributed by atoms with E-state index < -0.39 is 0 Å². The molecule has 0 saturated carbocycles. The molecule has 0 unspecified atom stereocenters. The molecular weight excluding hydrogens is 329 g/mol. The molecule has 19 heavy (non-hydrogen) atoms. The van der Waals surface area contributed by atoms with Crippen molar-refractivity contribution >= 4 is 52.0 Å². The van der Waals surface area contributed by atoms with Gasteiger partial charge >= 0.3 is 0 Å². The Balaban J connectivity index is 2.15. The Labute approximate surface area is 128 Å². The Morgan fingerprint density at radius 1 is 1.32 bits per heavy atom. The fraction of sp³-hybridized carbons (Fsp3) is 0.182. The quantitative estimate of drug-likeness (QED) is 0.857. The van der Waals surface area contributed by atoms with Crippen LogP contribution in [0.1, 0.15) is 15.4 Å². The van der Waals surface area contributed by atoms with Gasteiger partial charge in [-0.1, -0.05) is 46.7 Å². The summed E-state index contributed by atoms with van der Waals surface area (Å²) in [4.78, 5) is 13.5. The molecule has 0 radical (unpaired) electrons. The number of hydrogen-bond acceptors (Lipinski definition) is 4. The summed E-state index contributed by atoms with van der Waals surface area (Å²) in [5, 5.41) is 8.45. The minimum atomic E-state index is -0.263. The van der Waals surface area contributed by atoms with E-state index in [9.17, 15) is 4.79 Å². The molecule has 8 heteroatoms. The first kappa shape index (κ1) is 14.5. The Bertz CT molecular complexity index is 617. The number of amides is 1. The molecule has 0 spiro atoms. The highest BCUT2D eigenvalue weighted by Crippen LogP contribution is 2.26. The summed E-state index contributed by atoms with van der Waals surface area (Å²) in [6.07, 6.45) is 0. The SMILES string of the molecule is CN(Cc1cccc(Cl)c1Cl)C(=O)c1nnc(Cl)s1. The van der Waals surface area contributed by atoms with Crippen LogP contribution in [0.5, 0.6) is 0 Å². The summed E-state index contributed by atoms with van der Waals surface area (Å²) in [5.41, 5.74) is 0.764. The highest BCUT2D eigenvalue weighted by Gasteiger charge is 2.18. The first-order chi connectivity index (χ1) is 8.99. The summed E-state index contributed by atoms with van der Waals surface area (Å²) in [6, 6.07) is 5.29. The molecular formula is C11H8Cl3N3OS. The van der Waals surface area contributed by atoms with Crippen LogP contribution in [0.15, 0.2) is 18.2 Å². The Hall–Kier alpha value is -0.880. The van der Waals surface area contributed by atoms with Crippen molar-refractivity contribution in [2.24, 2.45) is 0 Å². The Morgan fingerprint density at radius 2 is 2.05 bits per heavy atom. The average Bonchev–Trinajstić information content (AvgIpc) is 2.80. The summed E-state index contributed by atoms with van der Waals surface area (Å²) in [7, 11) is 1.65. The van der Waals surface area contributed by atoms with Crippen molar-refractivity contribution in [3.05, 3.63) is 43.3 Å². The van der Waals surface area contributed by atoms with Crippen LogP contribution in [0.25, 0.3) is 0 Å². The lowest BCUT2D eigenvalue weighted by Crippen LogP contribution is -2.26. The molecule has 1 aromatic heterocycles. The zero-order valence-electron chi connectivity index (χ0n) is 9.73. The summed E-state index contributed by atoms with van der Waals surface area (Å²) < 4.78 is 0.234. The predicted molar refractivity (Wildman–Crippen MR) is 77.2 cm³/mol. The number of rotatable bonds is 3. The second kappa shape index (κ2) is 6.05. The zero-order valence-corrected chi connectivity index (χ0v) is 12.8. The number of carbonyl (C=O) groups excluding carboxylic acids is 1. The first-order valence-electron chi connectivity index (χ1n) is 5.16. The van der Waals surface area contributed by atoms with Crippen LogP contribution in [0.2, 0.25) is 14.5 Å². The smallest absolute Gasteiger partial charge is 0.284 e. The van der Waals surface area contributed by atoms with Gasteiger partial charge in [-0.15, -0.1) is 10.2 Å². The second-order valence-electron chi connectivity index (χ2n) is 3.73. The lowest BCUT2D eigenvalue weighted by Gasteiger charge is -2.16. The van der Waals surface area contributed by atoms with Gasteiger partial charge in [-0.3, -0.25) is 4.79 Å². The van der Waals surface area contributed by atoms with Crippen molar-refractivity contribution in [3.8, 4) is 0 Å². The van der Waals surface area contributed by atoms with Gasteiger partial charge in [0.05, 0.1) is 10.0 Å². The van der Waals surface area contributed by atoms with E-state index in [0.29, 0.717) is 16.6 Å². The highest BCUT2D eigenvalue weighted by molar-refractivity contribution is 7.17. The van der Waals surface area contributed by atoms with Crippen LogP contribution in [-0.4, -0.2) is 28.1 Å². The molecule has 0 aliphatic heterocycles. The molecule has 0 N–H and O–H groups in total. The Kier molecular flexibility index (Phi) is 4.62. The van der Waals surface area contributed by atoms with Crippen molar-refractivity contribution in [3.63, 3.8) is 0 Å². The van der Waals surface area contributed by atoms with Gasteiger partial charge in [-0.05, 0) is 23.2 Å². The van der Waals surface area contributed by atoms with E-state index in [4.69, 9.17) is 34.8 Å². The maximum Gasteiger partial charge on any atom is 0.284 e. The number of nitrogens with zero attached hydrogens (tertiary/aromatic N) is 3. The first-order valence-corrected chi connectivity index (χ1v) is 7.11. The van der Waals surface area contributed by atoms with Crippen LogP contribution in [0, 0.1) is 0 Å². The van der Waals surface area contributed by atoms with Gasteiger partial charge < -0.3 is 4.90 Å². The third kappa shape index (κ3) is 3.36. The van der Waals surface area contributed by atoms with Crippen LogP contribution in [-0.2, 0) is 6.54 Å². The van der Waals surface area contributed by atoms with Crippen molar-refractivity contribution in [1.82, 2.24) is 15.1 Å². The van der Waals surface area contributed by atoms with E-state index in [2.05, 4.69) is 10.2 Å². The van der Waals surface area contributed by atoms with Crippen molar-refractivity contribution in [1.29, 1.82) is 0 Å². The largest absolute Gasteiger partial charge is 0.335 e. The minimum Gasteiger partial charge on any atom is -0.335 e. The molecule has 2 rings (SSSR count). The lowest BCUT2D eigenvalue weighted by atomic mass is 10.2. The molecule has 0 aliphatic carbocycles. The standard InChI is InChI=1S/C11H8Cl3N3OS/c1-17(10(18)9-15-16-11(14)19-9)5-6-3-2-4-7(12)8(6)13/h2-4H,5H2,1H3. The molecule has 1 amide bonds. The summed E-state index contributed by atoms with van der Waals surface area (Å²) in [6.45, 7) is 0.329. The summed E-state index contributed by atoms with van der Waals surface area (Å²) in [5.74, 6) is -0.263. The van der Waals surface area contributed by atoms with Crippen LogP contribution >= 0.6 is 46.1 Å². The Morgan fingerprint density at radius 3 is 2.68 bits per heavy atom. The van der Waals surface area contributed by atoms with Crippen molar-refractivity contribution < 1.29 is 4.79 Å². The molecule has 2 aromatic rings. The zero-order chi connectivity index (χ0) is 14.0. The van der Waals surface area contributed by atoms with Gasteiger partial charge in [0, 0.05) is 13.6 Å². The molecule has 0 atom stereocenters. The average molecular weight is 337 g/mol. The molecule has 0 fully saturated rings. The van der Waals surface area contributed by atoms with E-state index in [1.165, 1.54) is 4.90 Å². The van der Waals surface area contributed by atoms with E-state index in [-0.39, 0.29) is 15.4 Å². The second-order valence-corrected chi connectivity index (χ2v) is 6.08. The molecule has 100 valence electrons. The van der Waals surface area contributed by atoms with Gasteiger partial charge in [-0.2, -0.15) is 0 Å². The molecule has 0 saturated heterocycles. The van der Waals surface area contributed by atoms with Crippen LogP contribution < -0.4 is 0 Å². The van der Waals surface area contributed by atoms with E-state index in [1.807, 2.05) is 6.07 Å². The number of halogens is 3. The van der Waals surface area contributed by atoms with E-state index >= 15 is 0 Å². The van der Waals surface area contributed by atoms with Gasteiger partial charge in [-0.25, -0.2) is 0 Å². The van der Waals surface area contributed by atoms with Crippen molar-refractivity contribution in [2.75, 3.05) is 7.05 Å².